The Kier molecular flexibility index (Phi) is 5.58. The topological polar surface area (TPSA) is 84.2 Å². The molecule has 6 nitrogen and oxygen atoms in total. The zero-order valence-electron chi connectivity index (χ0n) is 15.5. The number of carboxylic acids is 1. The van der Waals surface area contributed by atoms with E-state index in [9.17, 15) is 14.0 Å². The van der Waals surface area contributed by atoms with E-state index in [1.165, 1.54) is 12.1 Å². The monoisotopic (exact) mass is 373 g/mol. The van der Waals surface area contributed by atoms with Crippen LogP contribution in [0.4, 0.5) is 4.39 Å². The smallest absolute Gasteiger partial charge is 0.306 e. The van der Waals surface area contributed by atoms with Crippen molar-refractivity contribution in [3.05, 3.63) is 47.5 Å². The molecule has 2 aromatic rings. The summed E-state index contributed by atoms with van der Waals surface area (Å²) in [6, 6.07) is 5.86. The van der Waals surface area contributed by atoms with Gasteiger partial charge in [-0.25, -0.2) is 9.07 Å². The number of hydrogen-bond acceptors (Lipinski definition) is 3. The summed E-state index contributed by atoms with van der Waals surface area (Å²) in [4.78, 5) is 23.6. The first-order chi connectivity index (χ1) is 12.9. The SMILES string of the molecule is Cc1c(C(C)NC(=O)C2CCC(C(=O)O)CC2)cnn1-c1ccc(F)cc1. The molecule has 1 aromatic heterocycles. The van der Waals surface area contributed by atoms with Crippen LogP contribution in [-0.4, -0.2) is 26.8 Å². The number of nitrogens with one attached hydrogen (secondary N) is 1. The minimum absolute atomic E-state index is 0.0414. The Labute approximate surface area is 157 Å². The quantitative estimate of drug-likeness (QED) is 0.841. The second kappa shape index (κ2) is 7.90. The normalized spacial score (nSPS) is 20.9. The highest BCUT2D eigenvalue weighted by Crippen LogP contribution is 2.30. The highest BCUT2D eigenvalue weighted by Gasteiger charge is 2.30. The van der Waals surface area contributed by atoms with Crippen LogP contribution in [0, 0.1) is 24.6 Å². The lowest BCUT2D eigenvalue weighted by molar-refractivity contribution is -0.144. The first kappa shape index (κ1) is 19.1. The van der Waals surface area contributed by atoms with E-state index in [1.807, 2.05) is 13.8 Å². The molecule has 0 saturated heterocycles. The van der Waals surface area contributed by atoms with Crippen LogP contribution < -0.4 is 5.32 Å². The number of hydrogen-bond donors (Lipinski definition) is 2. The molecule has 144 valence electrons. The lowest BCUT2D eigenvalue weighted by atomic mass is 9.81. The second-order valence-electron chi connectivity index (χ2n) is 7.19. The Hall–Kier alpha value is -2.70. The molecule has 7 heteroatoms. The number of carbonyl (C=O) groups is 2. The van der Waals surface area contributed by atoms with Gasteiger partial charge in [0.15, 0.2) is 0 Å². The Morgan fingerprint density at radius 2 is 1.78 bits per heavy atom. The van der Waals surface area contributed by atoms with Crippen molar-refractivity contribution in [3.63, 3.8) is 0 Å². The van der Waals surface area contributed by atoms with Gasteiger partial charge in [0.25, 0.3) is 0 Å². The predicted molar refractivity (Wildman–Crippen MR) is 97.9 cm³/mol. The third-order valence-electron chi connectivity index (χ3n) is 5.39. The minimum atomic E-state index is -0.772. The number of aliphatic carboxylic acids is 1. The van der Waals surface area contributed by atoms with E-state index in [2.05, 4.69) is 10.4 Å². The number of carboxylic acid groups (broad SMARTS) is 1. The molecule has 0 radical (unpaired) electrons. The van der Waals surface area contributed by atoms with Gasteiger partial charge in [-0.2, -0.15) is 5.10 Å². The van der Waals surface area contributed by atoms with Gasteiger partial charge in [0.1, 0.15) is 5.82 Å². The molecule has 3 rings (SSSR count). The lowest BCUT2D eigenvalue weighted by Crippen LogP contribution is -2.35. The van der Waals surface area contributed by atoms with Crippen LogP contribution in [-0.2, 0) is 9.59 Å². The largest absolute Gasteiger partial charge is 0.481 e. The molecule has 1 aromatic carbocycles. The fourth-order valence-corrected chi connectivity index (χ4v) is 3.70. The fraction of sp³-hybridized carbons (Fsp3) is 0.450. The van der Waals surface area contributed by atoms with Crippen molar-refractivity contribution in [1.82, 2.24) is 15.1 Å². The van der Waals surface area contributed by atoms with Crippen molar-refractivity contribution < 1.29 is 19.1 Å². The van der Waals surface area contributed by atoms with Gasteiger partial charge in [0.05, 0.1) is 23.8 Å². The molecule has 1 heterocycles. The first-order valence-electron chi connectivity index (χ1n) is 9.20. The molecule has 0 aliphatic heterocycles. The molecule has 1 fully saturated rings. The van der Waals surface area contributed by atoms with Crippen molar-refractivity contribution in [1.29, 1.82) is 0 Å². The van der Waals surface area contributed by atoms with Crippen LogP contribution in [0.2, 0.25) is 0 Å². The molecule has 1 atom stereocenters. The van der Waals surface area contributed by atoms with Crippen LogP contribution in [0.15, 0.2) is 30.5 Å². The molecule has 2 N–H and O–H groups in total. The van der Waals surface area contributed by atoms with Crippen LogP contribution in [0.3, 0.4) is 0 Å². The van der Waals surface area contributed by atoms with E-state index >= 15 is 0 Å². The zero-order chi connectivity index (χ0) is 19.6. The molecule has 1 aliphatic carbocycles. The van der Waals surface area contributed by atoms with Gasteiger partial charge in [0.2, 0.25) is 5.91 Å². The number of aromatic nitrogens is 2. The summed E-state index contributed by atoms with van der Waals surface area (Å²) in [5.41, 5.74) is 2.53. The van der Waals surface area contributed by atoms with E-state index in [0.29, 0.717) is 25.7 Å². The summed E-state index contributed by atoms with van der Waals surface area (Å²) >= 11 is 0. The zero-order valence-corrected chi connectivity index (χ0v) is 15.5. The highest BCUT2D eigenvalue weighted by molar-refractivity contribution is 5.79. The molecule has 0 spiro atoms. The van der Waals surface area contributed by atoms with Gasteiger partial charge in [-0.1, -0.05) is 0 Å². The number of carbonyl (C=O) groups excluding carboxylic acids is 1. The average molecular weight is 373 g/mol. The minimum Gasteiger partial charge on any atom is -0.481 e. The summed E-state index contributed by atoms with van der Waals surface area (Å²) in [7, 11) is 0. The van der Waals surface area contributed by atoms with Crippen molar-refractivity contribution in [2.75, 3.05) is 0 Å². The van der Waals surface area contributed by atoms with Crippen LogP contribution in [0.1, 0.15) is 49.9 Å². The van der Waals surface area contributed by atoms with Crippen LogP contribution >= 0.6 is 0 Å². The number of halogens is 1. The summed E-state index contributed by atoms with van der Waals surface area (Å²) < 4.78 is 14.8. The molecule has 0 bridgehead atoms. The van der Waals surface area contributed by atoms with Crippen molar-refractivity contribution in [2.24, 2.45) is 11.8 Å². The average Bonchev–Trinajstić information content (AvgIpc) is 3.04. The molecule has 1 amide bonds. The van der Waals surface area contributed by atoms with Crippen molar-refractivity contribution in [2.45, 2.75) is 45.6 Å². The van der Waals surface area contributed by atoms with Crippen LogP contribution in [0.25, 0.3) is 5.69 Å². The number of nitrogens with zero attached hydrogens (tertiary/aromatic N) is 2. The van der Waals surface area contributed by atoms with E-state index < -0.39 is 5.97 Å². The van der Waals surface area contributed by atoms with Gasteiger partial charge in [-0.05, 0) is 63.8 Å². The molecule has 1 aliphatic rings. The van der Waals surface area contributed by atoms with E-state index in [1.54, 1.807) is 23.0 Å². The Balaban J connectivity index is 1.65. The third-order valence-corrected chi connectivity index (χ3v) is 5.39. The Morgan fingerprint density at radius 3 is 2.37 bits per heavy atom. The maximum Gasteiger partial charge on any atom is 0.306 e. The number of amides is 1. The summed E-state index contributed by atoms with van der Waals surface area (Å²) in [5, 5.41) is 16.5. The standard InChI is InChI=1S/C20H24FN3O3/c1-12(23-19(25)14-3-5-15(6-4-14)20(26)27)18-11-22-24(13(18)2)17-9-7-16(21)8-10-17/h7-12,14-15H,3-6H2,1-2H3,(H,23,25)(H,26,27). The van der Waals surface area contributed by atoms with Gasteiger partial charge >= 0.3 is 5.97 Å². The number of rotatable bonds is 5. The summed E-state index contributed by atoms with van der Waals surface area (Å²) in [6.45, 7) is 3.81. The van der Waals surface area contributed by atoms with Crippen molar-refractivity contribution >= 4 is 11.9 Å². The second-order valence-corrected chi connectivity index (χ2v) is 7.19. The molecule has 27 heavy (non-hydrogen) atoms. The molecular formula is C20H24FN3O3. The van der Waals surface area contributed by atoms with Gasteiger partial charge in [-0.3, -0.25) is 9.59 Å². The fourth-order valence-electron chi connectivity index (χ4n) is 3.70. The predicted octanol–water partition coefficient (Wildman–Crippen LogP) is 3.39. The van der Waals surface area contributed by atoms with E-state index in [-0.39, 0.29) is 29.6 Å². The highest BCUT2D eigenvalue weighted by atomic mass is 19.1. The molecule has 1 unspecified atom stereocenters. The summed E-state index contributed by atoms with van der Waals surface area (Å²) in [6.07, 6.45) is 4.00. The Morgan fingerprint density at radius 1 is 1.19 bits per heavy atom. The third kappa shape index (κ3) is 4.18. The van der Waals surface area contributed by atoms with Crippen LogP contribution in [0.5, 0.6) is 0 Å². The van der Waals surface area contributed by atoms with E-state index in [4.69, 9.17) is 5.11 Å². The Bertz CT molecular complexity index is 823. The molecular weight excluding hydrogens is 349 g/mol. The van der Waals surface area contributed by atoms with Gasteiger partial charge < -0.3 is 10.4 Å². The maximum absolute atomic E-state index is 13.1. The lowest BCUT2D eigenvalue weighted by Gasteiger charge is -2.26. The summed E-state index contributed by atoms with van der Waals surface area (Å²) in [5.74, 6) is -1.59. The van der Waals surface area contributed by atoms with Crippen molar-refractivity contribution in [3.8, 4) is 5.69 Å². The van der Waals surface area contributed by atoms with Gasteiger partial charge in [-0.15, -0.1) is 0 Å². The maximum atomic E-state index is 13.1. The first-order valence-corrected chi connectivity index (χ1v) is 9.20. The van der Waals surface area contributed by atoms with Gasteiger partial charge in [0, 0.05) is 17.2 Å². The van der Waals surface area contributed by atoms with E-state index in [0.717, 1.165) is 16.9 Å². The number of benzene rings is 1. The molecule has 1 saturated carbocycles.